The second-order valence-corrected chi connectivity index (χ2v) is 4.74. The summed E-state index contributed by atoms with van der Waals surface area (Å²) in [7, 11) is 0. The van der Waals surface area contributed by atoms with Crippen LogP contribution < -0.4 is 5.43 Å². The predicted octanol–water partition coefficient (Wildman–Crippen LogP) is 3.90. The second kappa shape index (κ2) is 7.45. The van der Waals surface area contributed by atoms with Crippen molar-refractivity contribution in [1.82, 2.24) is 5.43 Å². The van der Waals surface area contributed by atoms with Gasteiger partial charge >= 0.3 is 0 Å². The normalized spacial score (nSPS) is 11.3. The van der Waals surface area contributed by atoms with Crippen LogP contribution in [0.5, 0.6) is 0 Å². The lowest BCUT2D eigenvalue weighted by molar-refractivity contribution is 0.0950. The summed E-state index contributed by atoms with van der Waals surface area (Å²) in [4.78, 5) is 11.9. The molecule has 0 heterocycles. The zero-order chi connectivity index (χ0) is 15.9. The molecule has 0 bridgehead atoms. The molecule has 0 aliphatic carbocycles. The predicted molar refractivity (Wildman–Crippen MR) is 81.7 cm³/mol. The summed E-state index contributed by atoms with van der Waals surface area (Å²) in [5.74, 6) is -1.56. The van der Waals surface area contributed by atoms with Crippen molar-refractivity contribution < 1.29 is 13.6 Å². The summed E-state index contributed by atoms with van der Waals surface area (Å²) in [6, 6.07) is 11.5. The SMILES string of the molecule is CCC/C(=N/NC(=O)c1ccccc1F)c1ccc(F)cc1. The van der Waals surface area contributed by atoms with Crippen LogP contribution in [-0.2, 0) is 0 Å². The lowest BCUT2D eigenvalue weighted by Crippen LogP contribution is -2.21. The molecule has 1 N–H and O–H groups in total. The van der Waals surface area contributed by atoms with Crippen molar-refractivity contribution in [1.29, 1.82) is 0 Å². The monoisotopic (exact) mass is 302 g/mol. The minimum atomic E-state index is -0.617. The van der Waals surface area contributed by atoms with E-state index in [1.165, 1.54) is 30.3 Å². The smallest absolute Gasteiger partial charge is 0.267 e. The topological polar surface area (TPSA) is 41.5 Å². The number of amides is 1. The van der Waals surface area contributed by atoms with Crippen molar-refractivity contribution >= 4 is 11.6 Å². The Kier molecular flexibility index (Phi) is 5.36. The molecule has 2 aromatic carbocycles. The Bertz CT molecular complexity index is 681. The van der Waals surface area contributed by atoms with Crippen LogP contribution in [0.1, 0.15) is 35.7 Å². The Labute approximate surface area is 127 Å². The van der Waals surface area contributed by atoms with E-state index in [0.717, 1.165) is 12.0 Å². The number of benzene rings is 2. The van der Waals surface area contributed by atoms with Crippen molar-refractivity contribution in [2.45, 2.75) is 19.8 Å². The number of rotatable bonds is 5. The molecule has 0 atom stereocenters. The Hall–Kier alpha value is -2.56. The number of carbonyl (C=O) groups is 1. The van der Waals surface area contributed by atoms with Crippen LogP contribution in [-0.4, -0.2) is 11.6 Å². The number of carbonyl (C=O) groups excluding carboxylic acids is 1. The highest BCUT2D eigenvalue weighted by Gasteiger charge is 2.11. The average molecular weight is 302 g/mol. The standard InChI is InChI=1S/C17H16F2N2O/c1-2-5-16(12-8-10-13(18)11-9-12)20-21-17(22)14-6-3-4-7-15(14)19/h3-4,6-11H,2,5H2,1H3,(H,21,22)/b20-16-. The summed E-state index contributed by atoms with van der Waals surface area (Å²) >= 11 is 0. The van der Waals surface area contributed by atoms with E-state index in [1.807, 2.05) is 6.92 Å². The molecular formula is C17H16F2N2O. The largest absolute Gasteiger partial charge is 0.274 e. The third-order valence-corrected chi connectivity index (χ3v) is 3.08. The van der Waals surface area contributed by atoms with E-state index in [4.69, 9.17) is 0 Å². The summed E-state index contributed by atoms with van der Waals surface area (Å²) in [5.41, 5.74) is 3.62. The molecule has 0 unspecified atom stereocenters. The molecule has 0 saturated carbocycles. The van der Waals surface area contributed by atoms with Crippen LogP contribution in [0, 0.1) is 11.6 Å². The first-order valence-corrected chi connectivity index (χ1v) is 6.99. The molecule has 2 aromatic rings. The van der Waals surface area contributed by atoms with E-state index in [-0.39, 0.29) is 11.4 Å². The number of hydrazone groups is 1. The van der Waals surface area contributed by atoms with Gasteiger partial charge in [-0.05, 0) is 36.2 Å². The highest BCUT2D eigenvalue weighted by molar-refractivity contribution is 6.02. The summed E-state index contributed by atoms with van der Waals surface area (Å²) in [6.45, 7) is 1.97. The molecule has 0 aliphatic heterocycles. The Morgan fingerprint density at radius 3 is 2.41 bits per heavy atom. The Balaban J connectivity index is 2.18. The van der Waals surface area contributed by atoms with E-state index >= 15 is 0 Å². The maximum absolute atomic E-state index is 13.5. The summed E-state index contributed by atoms with van der Waals surface area (Å²) in [5, 5.41) is 4.06. The first kappa shape index (κ1) is 15.8. The fourth-order valence-electron chi connectivity index (χ4n) is 1.97. The number of hydrogen-bond donors (Lipinski definition) is 1. The zero-order valence-electron chi connectivity index (χ0n) is 12.1. The molecule has 2 rings (SSSR count). The molecule has 0 aromatic heterocycles. The quantitative estimate of drug-likeness (QED) is 0.660. The van der Waals surface area contributed by atoms with Gasteiger partial charge in [0, 0.05) is 0 Å². The van der Waals surface area contributed by atoms with Gasteiger partial charge in [0.1, 0.15) is 11.6 Å². The summed E-state index contributed by atoms with van der Waals surface area (Å²) < 4.78 is 26.5. The van der Waals surface area contributed by atoms with E-state index in [9.17, 15) is 13.6 Å². The first-order chi connectivity index (χ1) is 10.6. The van der Waals surface area contributed by atoms with Gasteiger partial charge in [-0.3, -0.25) is 4.79 Å². The molecule has 0 saturated heterocycles. The first-order valence-electron chi connectivity index (χ1n) is 6.99. The van der Waals surface area contributed by atoms with Gasteiger partial charge in [0.15, 0.2) is 0 Å². The molecule has 0 aliphatic rings. The van der Waals surface area contributed by atoms with Crippen molar-refractivity contribution in [2.75, 3.05) is 0 Å². The highest BCUT2D eigenvalue weighted by atomic mass is 19.1. The van der Waals surface area contributed by atoms with Gasteiger partial charge in [0.05, 0.1) is 11.3 Å². The minimum Gasteiger partial charge on any atom is -0.267 e. The second-order valence-electron chi connectivity index (χ2n) is 4.74. The number of halogens is 2. The van der Waals surface area contributed by atoms with Crippen molar-refractivity contribution in [3.05, 3.63) is 71.3 Å². The highest BCUT2D eigenvalue weighted by Crippen LogP contribution is 2.09. The zero-order valence-corrected chi connectivity index (χ0v) is 12.1. The Morgan fingerprint density at radius 2 is 1.77 bits per heavy atom. The number of hydrogen-bond acceptors (Lipinski definition) is 2. The van der Waals surface area contributed by atoms with Crippen molar-refractivity contribution in [3.63, 3.8) is 0 Å². The number of nitrogens with one attached hydrogen (secondary N) is 1. The maximum Gasteiger partial charge on any atom is 0.274 e. The molecule has 0 spiro atoms. The van der Waals surface area contributed by atoms with Gasteiger partial charge in [-0.25, -0.2) is 14.2 Å². The fraction of sp³-hybridized carbons (Fsp3) is 0.176. The maximum atomic E-state index is 13.5. The number of nitrogens with zero attached hydrogens (tertiary/aromatic N) is 1. The molecule has 114 valence electrons. The average Bonchev–Trinajstić information content (AvgIpc) is 2.52. The van der Waals surface area contributed by atoms with Gasteiger partial charge in [-0.15, -0.1) is 0 Å². The lowest BCUT2D eigenvalue weighted by Gasteiger charge is -2.07. The van der Waals surface area contributed by atoms with Gasteiger partial charge < -0.3 is 0 Å². The van der Waals surface area contributed by atoms with E-state index in [0.29, 0.717) is 12.1 Å². The fourth-order valence-corrected chi connectivity index (χ4v) is 1.97. The van der Waals surface area contributed by atoms with Crippen LogP contribution in [0.2, 0.25) is 0 Å². The summed E-state index contributed by atoms with van der Waals surface area (Å²) in [6.07, 6.45) is 1.43. The third kappa shape index (κ3) is 3.97. The van der Waals surface area contributed by atoms with E-state index < -0.39 is 11.7 Å². The molecule has 22 heavy (non-hydrogen) atoms. The molecule has 5 heteroatoms. The Morgan fingerprint density at radius 1 is 1.09 bits per heavy atom. The van der Waals surface area contributed by atoms with Crippen LogP contribution in [0.3, 0.4) is 0 Å². The third-order valence-electron chi connectivity index (χ3n) is 3.08. The van der Waals surface area contributed by atoms with E-state index in [1.54, 1.807) is 18.2 Å². The van der Waals surface area contributed by atoms with Crippen LogP contribution >= 0.6 is 0 Å². The molecule has 1 amide bonds. The van der Waals surface area contributed by atoms with Crippen molar-refractivity contribution in [3.8, 4) is 0 Å². The van der Waals surface area contributed by atoms with Crippen LogP contribution in [0.4, 0.5) is 8.78 Å². The van der Waals surface area contributed by atoms with Gasteiger partial charge in [-0.1, -0.05) is 37.6 Å². The van der Waals surface area contributed by atoms with Crippen LogP contribution in [0.25, 0.3) is 0 Å². The van der Waals surface area contributed by atoms with Crippen molar-refractivity contribution in [2.24, 2.45) is 5.10 Å². The van der Waals surface area contributed by atoms with Gasteiger partial charge in [0.25, 0.3) is 5.91 Å². The van der Waals surface area contributed by atoms with Gasteiger partial charge in [0.2, 0.25) is 0 Å². The molecule has 0 radical (unpaired) electrons. The van der Waals surface area contributed by atoms with Crippen LogP contribution in [0.15, 0.2) is 53.6 Å². The molecule has 0 fully saturated rings. The molecule has 3 nitrogen and oxygen atoms in total. The lowest BCUT2D eigenvalue weighted by atomic mass is 10.1. The van der Waals surface area contributed by atoms with Gasteiger partial charge in [-0.2, -0.15) is 5.10 Å². The van der Waals surface area contributed by atoms with E-state index in [2.05, 4.69) is 10.5 Å². The molecular weight excluding hydrogens is 286 g/mol. The minimum absolute atomic E-state index is 0.0683.